The molecule has 0 spiro atoms. The Kier molecular flexibility index (Phi) is 5.14. The Morgan fingerprint density at radius 2 is 1.24 bits per heavy atom. The number of hydrogen-bond acceptors (Lipinski definition) is 7. The van der Waals surface area contributed by atoms with E-state index in [1.807, 2.05) is 6.07 Å². The molecule has 0 unspecified atom stereocenters. The predicted octanol–water partition coefficient (Wildman–Crippen LogP) is 4.27. The molecule has 0 bridgehead atoms. The van der Waals surface area contributed by atoms with E-state index < -0.39 is 17.2 Å². The second kappa shape index (κ2) is 8.27. The topological polar surface area (TPSA) is 114 Å². The Bertz CT molecular complexity index is 1490. The lowest BCUT2D eigenvalue weighted by molar-refractivity contribution is 0.443. The third-order valence-corrected chi connectivity index (χ3v) is 5.81. The third-order valence-electron chi connectivity index (χ3n) is 5.81. The number of aromatic nitrogens is 1. The van der Waals surface area contributed by atoms with Gasteiger partial charge in [-0.1, -0.05) is 30.3 Å². The number of aromatic hydroxyl groups is 2. The summed E-state index contributed by atoms with van der Waals surface area (Å²) in [5.41, 5.74) is 0.171. The van der Waals surface area contributed by atoms with Gasteiger partial charge in [-0.3, -0.25) is 4.98 Å². The van der Waals surface area contributed by atoms with Crippen LogP contribution < -0.4 is 11.3 Å². The van der Waals surface area contributed by atoms with Crippen LogP contribution in [-0.4, -0.2) is 15.2 Å². The van der Waals surface area contributed by atoms with Gasteiger partial charge in [-0.2, -0.15) is 0 Å². The van der Waals surface area contributed by atoms with E-state index in [4.69, 9.17) is 8.83 Å². The molecule has 2 aromatic carbocycles. The van der Waals surface area contributed by atoms with Gasteiger partial charge in [0.25, 0.3) is 0 Å². The van der Waals surface area contributed by atoms with Crippen molar-refractivity contribution in [1.82, 2.24) is 4.98 Å². The van der Waals surface area contributed by atoms with Gasteiger partial charge in [-0.25, -0.2) is 9.59 Å². The molecule has 0 fully saturated rings. The highest BCUT2D eigenvalue weighted by Crippen LogP contribution is 2.34. The van der Waals surface area contributed by atoms with Crippen LogP contribution in [0, 0.1) is 0 Å². The number of pyridine rings is 1. The van der Waals surface area contributed by atoms with Crippen LogP contribution in [-0.2, 0) is 12.8 Å². The zero-order chi connectivity index (χ0) is 22.9. The van der Waals surface area contributed by atoms with Gasteiger partial charge < -0.3 is 19.0 Å². The maximum absolute atomic E-state index is 12.7. The van der Waals surface area contributed by atoms with E-state index in [0.717, 1.165) is 5.56 Å². The Morgan fingerprint density at radius 1 is 0.727 bits per heavy atom. The lowest BCUT2D eigenvalue weighted by atomic mass is 9.87. The molecule has 3 heterocycles. The molecule has 0 amide bonds. The van der Waals surface area contributed by atoms with Gasteiger partial charge in [0, 0.05) is 12.4 Å². The summed E-state index contributed by atoms with van der Waals surface area (Å²) in [4.78, 5) is 29.6. The maximum atomic E-state index is 12.7. The molecular weight excluding hydrogens is 422 g/mol. The van der Waals surface area contributed by atoms with E-state index in [0.29, 0.717) is 10.8 Å². The molecular formula is C26H19NO6. The Balaban J connectivity index is 1.62. The zero-order valence-corrected chi connectivity index (χ0v) is 17.4. The quantitative estimate of drug-likeness (QED) is 0.392. The van der Waals surface area contributed by atoms with Gasteiger partial charge in [0.1, 0.15) is 22.7 Å². The van der Waals surface area contributed by atoms with Crippen LogP contribution in [0.15, 0.2) is 91.5 Å². The number of nitrogens with zero attached hydrogens (tertiary/aromatic N) is 1. The smallest absolute Gasteiger partial charge is 0.343 e. The van der Waals surface area contributed by atoms with Gasteiger partial charge in [0.15, 0.2) is 0 Å². The minimum atomic E-state index is -0.658. The summed E-state index contributed by atoms with van der Waals surface area (Å²) in [7, 11) is 0. The summed E-state index contributed by atoms with van der Waals surface area (Å²) < 4.78 is 10.8. The van der Waals surface area contributed by atoms with Crippen molar-refractivity contribution in [2.24, 2.45) is 0 Å². The van der Waals surface area contributed by atoms with Gasteiger partial charge in [-0.05, 0) is 54.7 Å². The van der Waals surface area contributed by atoms with Gasteiger partial charge in [0.2, 0.25) is 0 Å². The zero-order valence-electron chi connectivity index (χ0n) is 17.4. The molecule has 0 saturated heterocycles. The van der Waals surface area contributed by atoms with E-state index in [-0.39, 0.29) is 46.6 Å². The SMILES string of the molecule is O=c1oc2ccccc2c(O)c1CC(Cc1c(O)c2ccccc2oc1=O)c1cccnc1. The van der Waals surface area contributed by atoms with Crippen LogP contribution in [0.3, 0.4) is 0 Å². The molecule has 5 aromatic rings. The molecule has 3 aromatic heterocycles. The number of fused-ring (bicyclic) bond motifs is 2. The van der Waals surface area contributed by atoms with E-state index in [1.54, 1.807) is 67.0 Å². The molecule has 0 aliphatic heterocycles. The minimum Gasteiger partial charge on any atom is -0.507 e. The van der Waals surface area contributed by atoms with Crippen molar-refractivity contribution in [3.8, 4) is 11.5 Å². The van der Waals surface area contributed by atoms with Crippen molar-refractivity contribution < 1.29 is 19.0 Å². The van der Waals surface area contributed by atoms with Crippen molar-refractivity contribution in [2.45, 2.75) is 18.8 Å². The van der Waals surface area contributed by atoms with Gasteiger partial charge in [0.05, 0.1) is 21.9 Å². The molecule has 0 radical (unpaired) electrons. The monoisotopic (exact) mass is 441 g/mol. The predicted molar refractivity (Wildman–Crippen MR) is 123 cm³/mol. The van der Waals surface area contributed by atoms with Crippen LogP contribution in [0.1, 0.15) is 22.6 Å². The molecule has 164 valence electrons. The van der Waals surface area contributed by atoms with Crippen molar-refractivity contribution in [2.75, 3.05) is 0 Å². The summed E-state index contributed by atoms with van der Waals surface area (Å²) >= 11 is 0. The maximum Gasteiger partial charge on any atom is 0.343 e. The Labute approximate surface area is 187 Å². The molecule has 0 atom stereocenters. The first kappa shape index (κ1) is 20.5. The fraction of sp³-hybridized carbons (Fsp3) is 0.115. The van der Waals surface area contributed by atoms with Crippen LogP contribution in [0.25, 0.3) is 21.9 Å². The summed E-state index contributed by atoms with van der Waals surface area (Å²) in [5.74, 6) is -0.792. The number of rotatable bonds is 5. The first-order valence-electron chi connectivity index (χ1n) is 10.4. The largest absolute Gasteiger partial charge is 0.507 e. The van der Waals surface area contributed by atoms with Crippen LogP contribution in [0.2, 0.25) is 0 Å². The molecule has 2 N–H and O–H groups in total. The summed E-state index contributed by atoms with van der Waals surface area (Å²) in [6, 6.07) is 17.0. The molecule has 33 heavy (non-hydrogen) atoms. The first-order valence-corrected chi connectivity index (χ1v) is 10.4. The average Bonchev–Trinajstić information content (AvgIpc) is 2.83. The van der Waals surface area contributed by atoms with Gasteiger partial charge >= 0.3 is 11.3 Å². The Hall–Kier alpha value is -4.39. The molecule has 0 aliphatic rings. The van der Waals surface area contributed by atoms with E-state index in [2.05, 4.69) is 4.98 Å². The van der Waals surface area contributed by atoms with Crippen molar-refractivity contribution in [1.29, 1.82) is 0 Å². The molecule has 0 aliphatic carbocycles. The summed E-state index contributed by atoms with van der Waals surface area (Å²) in [6.07, 6.45) is 3.38. The molecule has 0 saturated carbocycles. The average molecular weight is 441 g/mol. The highest BCUT2D eigenvalue weighted by atomic mass is 16.4. The highest BCUT2D eigenvalue weighted by Gasteiger charge is 2.24. The highest BCUT2D eigenvalue weighted by molar-refractivity contribution is 5.84. The van der Waals surface area contributed by atoms with E-state index in [1.165, 1.54) is 0 Å². The fourth-order valence-electron chi connectivity index (χ4n) is 4.12. The fourth-order valence-corrected chi connectivity index (χ4v) is 4.12. The van der Waals surface area contributed by atoms with Crippen LogP contribution >= 0.6 is 0 Å². The van der Waals surface area contributed by atoms with Gasteiger partial charge in [-0.15, -0.1) is 0 Å². The van der Waals surface area contributed by atoms with Crippen molar-refractivity contribution >= 4 is 21.9 Å². The molecule has 7 heteroatoms. The normalized spacial score (nSPS) is 11.4. The number of para-hydroxylation sites is 2. The second-order valence-corrected chi connectivity index (χ2v) is 7.82. The lowest BCUT2D eigenvalue weighted by Crippen LogP contribution is -2.18. The standard InChI is InChI=1S/C26H19NO6/c28-23-17-7-1-3-9-21(17)32-25(30)19(23)12-16(15-6-5-11-27-14-15)13-20-24(29)18-8-2-4-10-22(18)33-26(20)31/h1-11,14,16,28-29H,12-13H2. The van der Waals surface area contributed by atoms with E-state index >= 15 is 0 Å². The Morgan fingerprint density at radius 3 is 1.73 bits per heavy atom. The summed E-state index contributed by atoms with van der Waals surface area (Å²) in [5, 5.41) is 22.5. The number of benzene rings is 2. The molecule has 7 nitrogen and oxygen atoms in total. The summed E-state index contributed by atoms with van der Waals surface area (Å²) in [6.45, 7) is 0. The molecule has 5 rings (SSSR count). The number of hydrogen-bond donors (Lipinski definition) is 2. The second-order valence-electron chi connectivity index (χ2n) is 7.82. The first-order chi connectivity index (χ1) is 16.0. The third kappa shape index (κ3) is 3.74. The van der Waals surface area contributed by atoms with Crippen molar-refractivity contribution in [3.63, 3.8) is 0 Å². The van der Waals surface area contributed by atoms with Crippen molar-refractivity contribution in [3.05, 3.63) is 111 Å². The van der Waals surface area contributed by atoms with Crippen LogP contribution in [0.4, 0.5) is 0 Å². The minimum absolute atomic E-state index is 0.0659. The lowest BCUT2D eigenvalue weighted by Gasteiger charge is -2.18. The van der Waals surface area contributed by atoms with Crippen LogP contribution in [0.5, 0.6) is 11.5 Å². The van der Waals surface area contributed by atoms with E-state index in [9.17, 15) is 19.8 Å².